The van der Waals surface area contributed by atoms with Gasteiger partial charge in [-0.25, -0.2) is 0 Å². The van der Waals surface area contributed by atoms with E-state index in [0.717, 1.165) is 10.6 Å². The zero-order valence-electron chi connectivity index (χ0n) is 10.2. The van der Waals surface area contributed by atoms with Gasteiger partial charge in [0.05, 0.1) is 11.6 Å². The van der Waals surface area contributed by atoms with Crippen LogP contribution in [0.1, 0.15) is 23.7 Å². The summed E-state index contributed by atoms with van der Waals surface area (Å²) in [5.41, 5.74) is 0.684. The van der Waals surface area contributed by atoms with Crippen molar-refractivity contribution in [2.45, 2.75) is 24.3 Å². The molecule has 2 N–H and O–H groups in total. The summed E-state index contributed by atoms with van der Waals surface area (Å²) in [6, 6.07) is 7.45. The van der Waals surface area contributed by atoms with Gasteiger partial charge in [-0.1, -0.05) is 19.1 Å². The standard InChI is InChI=1S/C13H16N2O2S/c1-2-18-11-6-4-3-5-10(11)13(17)15-9-7-12(16)14-8-9/h3-6,9H,2,7-8H2,1H3,(H,14,16)(H,15,17)/t9-/m1/s1. The van der Waals surface area contributed by atoms with Crippen molar-refractivity contribution >= 4 is 23.6 Å². The van der Waals surface area contributed by atoms with Crippen molar-refractivity contribution in [1.82, 2.24) is 10.6 Å². The first-order chi connectivity index (χ1) is 8.70. The predicted octanol–water partition coefficient (Wildman–Crippen LogP) is 1.42. The summed E-state index contributed by atoms with van der Waals surface area (Å²) in [7, 11) is 0. The molecule has 18 heavy (non-hydrogen) atoms. The Hall–Kier alpha value is -1.49. The van der Waals surface area contributed by atoms with Gasteiger partial charge in [-0.15, -0.1) is 11.8 Å². The summed E-state index contributed by atoms with van der Waals surface area (Å²) >= 11 is 1.65. The molecule has 1 aliphatic heterocycles. The van der Waals surface area contributed by atoms with Gasteiger partial charge in [0.2, 0.25) is 5.91 Å². The number of hydrogen-bond donors (Lipinski definition) is 2. The average molecular weight is 264 g/mol. The first kappa shape index (κ1) is 13.0. The Balaban J connectivity index is 2.06. The van der Waals surface area contributed by atoms with E-state index in [0.29, 0.717) is 18.5 Å². The molecule has 1 fully saturated rings. The van der Waals surface area contributed by atoms with E-state index in [1.54, 1.807) is 11.8 Å². The minimum atomic E-state index is -0.104. The summed E-state index contributed by atoms with van der Waals surface area (Å²) in [5, 5.41) is 5.60. The molecule has 0 radical (unpaired) electrons. The zero-order valence-corrected chi connectivity index (χ0v) is 11.0. The van der Waals surface area contributed by atoms with Crippen molar-refractivity contribution in [2.24, 2.45) is 0 Å². The van der Waals surface area contributed by atoms with Crippen molar-refractivity contribution in [2.75, 3.05) is 12.3 Å². The van der Waals surface area contributed by atoms with E-state index < -0.39 is 0 Å². The summed E-state index contributed by atoms with van der Waals surface area (Å²) in [4.78, 5) is 24.2. The molecule has 96 valence electrons. The van der Waals surface area contributed by atoms with Gasteiger partial charge in [-0.2, -0.15) is 0 Å². The molecule has 2 rings (SSSR count). The lowest BCUT2D eigenvalue weighted by Crippen LogP contribution is -2.36. The van der Waals surface area contributed by atoms with Crippen molar-refractivity contribution in [3.63, 3.8) is 0 Å². The molecule has 1 aromatic rings. The van der Waals surface area contributed by atoms with Crippen LogP contribution in [0.3, 0.4) is 0 Å². The molecule has 0 unspecified atom stereocenters. The molecule has 1 heterocycles. The van der Waals surface area contributed by atoms with Crippen LogP contribution in [0.4, 0.5) is 0 Å². The number of carbonyl (C=O) groups excluding carboxylic acids is 2. The molecule has 0 saturated carbocycles. The average Bonchev–Trinajstić information content (AvgIpc) is 2.76. The smallest absolute Gasteiger partial charge is 0.252 e. The zero-order chi connectivity index (χ0) is 13.0. The lowest BCUT2D eigenvalue weighted by Gasteiger charge is -2.12. The third-order valence-electron chi connectivity index (χ3n) is 2.74. The summed E-state index contributed by atoms with van der Waals surface area (Å²) in [6.45, 7) is 2.58. The monoisotopic (exact) mass is 264 g/mol. The van der Waals surface area contributed by atoms with E-state index in [1.807, 2.05) is 24.3 Å². The Kier molecular flexibility index (Phi) is 4.25. The van der Waals surface area contributed by atoms with E-state index in [9.17, 15) is 9.59 Å². The summed E-state index contributed by atoms with van der Waals surface area (Å²) in [6.07, 6.45) is 0.370. The molecule has 0 aromatic heterocycles. The lowest BCUT2D eigenvalue weighted by molar-refractivity contribution is -0.119. The molecule has 5 heteroatoms. The minimum Gasteiger partial charge on any atom is -0.354 e. The number of thioether (sulfide) groups is 1. The highest BCUT2D eigenvalue weighted by molar-refractivity contribution is 7.99. The van der Waals surface area contributed by atoms with Gasteiger partial charge in [-0.3, -0.25) is 9.59 Å². The van der Waals surface area contributed by atoms with Gasteiger partial charge in [0.15, 0.2) is 0 Å². The quantitative estimate of drug-likeness (QED) is 0.809. The Morgan fingerprint density at radius 3 is 2.94 bits per heavy atom. The maximum Gasteiger partial charge on any atom is 0.252 e. The van der Waals surface area contributed by atoms with Crippen molar-refractivity contribution in [3.8, 4) is 0 Å². The molecule has 0 bridgehead atoms. The van der Waals surface area contributed by atoms with Gasteiger partial charge >= 0.3 is 0 Å². The fourth-order valence-corrected chi connectivity index (χ4v) is 2.71. The maximum absolute atomic E-state index is 12.1. The number of nitrogens with one attached hydrogen (secondary N) is 2. The van der Waals surface area contributed by atoms with Crippen molar-refractivity contribution in [3.05, 3.63) is 29.8 Å². The molecule has 1 aliphatic rings. The van der Waals surface area contributed by atoms with Gasteiger partial charge in [0.1, 0.15) is 0 Å². The molecular formula is C13H16N2O2S. The van der Waals surface area contributed by atoms with Crippen molar-refractivity contribution < 1.29 is 9.59 Å². The van der Waals surface area contributed by atoms with E-state index in [2.05, 4.69) is 17.6 Å². The molecule has 1 aromatic carbocycles. The molecular weight excluding hydrogens is 248 g/mol. The summed E-state index contributed by atoms with van der Waals surface area (Å²) in [5.74, 6) is 0.817. The predicted molar refractivity (Wildman–Crippen MR) is 71.7 cm³/mol. The van der Waals surface area contributed by atoms with Crippen LogP contribution in [-0.2, 0) is 4.79 Å². The largest absolute Gasteiger partial charge is 0.354 e. The third-order valence-corrected chi connectivity index (χ3v) is 3.70. The minimum absolute atomic E-state index is 0.00322. The highest BCUT2D eigenvalue weighted by Gasteiger charge is 2.23. The highest BCUT2D eigenvalue weighted by atomic mass is 32.2. The Labute approximate surface area is 111 Å². The van der Waals surface area contributed by atoms with Gasteiger partial charge < -0.3 is 10.6 Å². The lowest BCUT2D eigenvalue weighted by atomic mass is 10.2. The van der Waals surface area contributed by atoms with Crippen LogP contribution in [0.5, 0.6) is 0 Å². The molecule has 0 aliphatic carbocycles. The van der Waals surface area contributed by atoms with Gasteiger partial charge in [0.25, 0.3) is 5.91 Å². The molecule has 1 atom stereocenters. The van der Waals surface area contributed by atoms with Crippen LogP contribution in [0.2, 0.25) is 0 Å². The fourth-order valence-electron chi connectivity index (χ4n) is 1.91. The first-order valence-electron chi connectivity index (χ1n) is 6.00. The van der Waals surface area contributed by atoms with Crippen LogP contribution in [-0.4, -0.2) is 30.2 Å². The van der Waals surface area contributed by atoms with Crippen molar-refractivity contribution in [1.29, 1.82) is 0 Å². The van der Waals surface area contributed by atoms with Gasteiger partial charge in [0, 0.05) is 17.9 Å². The molecule has 0 spiro atoms. The highest BCUT2D eigenvalue weighted by Crippen LogP contribution is 2.22. The molecule has 1 saturated heterocycles. The Morgan fingerprint density at radius 1 is 1.50 bits per heavy atom. The van der Waals surface area contributed by atoms with E-state index in [-0.39, 0.29) is 17.9 Å². The normalized spacial score (nSPS) is 18.5. The first-order valence-corrected chi connectivity index (χ1v) is 6.98. The van der Waals surface area contributed by atoms with Crippen LogP contribution < -0.4 is 10.6 Å². The molecule has 2 amide bonds. The fraction of sp³-hybridized carbons (Fsp3) is 0.385. The van der Waals surface area contributed by atoms with Crippen LogP contribution in [0.15, 0.2) is 29.2 Å². The second-order valence-electron chi connectivity index (χ2n) is 4.11. The van der Waals surface area contributed by atoms with Crippen LogP contribution in [0, 0.1) is 0 Å². The number of benzene rings is 1. The second kappa shape index (κ2) is 5.91. The number of rotatable bonds is 4. The van der Waals surface area contributed by atoms with Gasteiger partial charge in [-0.05, 0) is 17.9 Å². The second-order valence-corrected chi connectivity index (χ2v) is 5.41. The van der Waals surface area contributed by atoms with E-state index in [4.69, 9.17) is 0 Å². The maximum atomic E-state index is 12.1. The summed E-state index contributed by atoms with van der Waals surface area (Å²) < 4.78 is 0. The van der Waals surface area contributed by atoms with Crippen LogP contribution >= 0.6 is 11.8 Å². The Morgan fingerprint density at radius 2 is 2.28 bits per heavy atom. The SMILES string of the molecule is CCSc1ccccc1C(=O)N[C@H]1CNC(=O)C1. The topological polar surface area (TPSA) is 58.2 Å². The van der Waals surface area contributed by atoms with E-state index >= 15 is 0 Å². The molecule has 4 nitrogen and oxygen atoms in total. The Bertz CT molecular complexity index is 462. The number of hydrogen-bond acceptors (Lipinski definition) is 3. The number of amides is 2. The van der Waals surface area contributed by atoms with E-state index in [1.165, 1.54) is 0 Å². The number of carbonyl (C=O) groups is 2. The third kappa shape index (κ3) is 3.04. The van der Waals surface area contributed by atoms with Crippen LogP contribution in [0.25, 0.3) is 0 Å².